The summed E-state index contributed by atoms with van der Waals surface area (Å²) in [7, 11) is 4.27. The van der Waals surface area contributed by atoms with E-state index in [2.05, 4.69) is 21.2 Å². The molecule has 56 valence electrons. The summed E-state index contributed by atoms with van der Waals surface area (Å²) in [6, 6.07) is 0. The topological polar surface area (TPSA) is 41.9 Å². The second-order valence-electron chi connectivity index (χ2n) is 1.32. The van der Waals surface area contributed by atoms with E-state index in [9.17, 15) is 0 Å². The van der Waals surface area contributed by atoms with Crippen molar-refractivity contribution in [2.45, 2.75) is 0 Å². The molecule has 0 heterocycles. The quantitative estimate of drug-likeness (QED) is 0.490. The van der Waals surface area contributed by atoms with Gasteiger partial charge >= 0.3 is 0 Å². The zero-order valence-corrected chi connectivity index (χ0v) is 7.28. The van der Waals surface area contributed by atoms with E-state index >= 15 is 0 Å². The lowest BCUT2D eigenvalue weighted by Crippen LogP contribution is -2.13. The fraction of sp³-hybridized carbons (Fsp3) is 1.00. The summed E-state index contributed by atoms with van der Waals surface area (Å²) in [5, 5.41) is 0. The van der Waals surface area contributed by atoms with E-state index in [4.69, 9.17) is 4.89 Å². The van der Waals surface area contributed by atoms with Gasteiger partial charge in [0.05, 0.1) is 7.11 Å². The highest BCUT2D eigenvalue weighted by molar-refractivity contribution is 8.08. The van der Waals surface area contributed by atoms with Crippen LogP contribution < -0.4 is 0 Å². The van der Waals surface area contributed by atoms with Crippen LogP contribution in [-0.2, 0) is 21.2 Å². The molecule has 0 aromatic rings. The lowest BCUT2D eigenvalue weighted by atomic mass is 11.5. The summed E-state index contributed by atoms with van der Waals surface area (Å²) < 4.78 is 4.57. The molecule has 4 nitrogen and oxygen atoms in total. The molecule has 0 fully saturated rings. The summed E-state index contributed by atoms with van der Waals surface area (Å²) in [5.41, 5.74) is 0. The van der Waals surface area contributed by atoms with Gasteiger partial charge in [-0.1, -0.05) is 0 Å². The lowest BCUT2D eigenvalue weighted by molar-refractivity contribution is -0.0420. The summed E-state index contributed by atoms with van der Waals surface area (Å²) in [6.45, 7) is -2.82. The molecule has 0 aromatic heterocycles. The largest absolute Gasteiger partial charge is 0.332 e. The zero-order valence-electron chi connectivity index (χ0n) is 5.57. The molecule has 0 amide bonds. The zero-order chi connectivity index (χ0) is 7.49. The molecule has 0 bridgehead atoms. The van der Waals surface area contributed by atoms with Crippen LogP contribution in [-0.4, -0.2) is 31.0 Å². The van der Waals surface area contributed by atoms with Gasteiger partial charge in [0.1, 0.15) is 0 Å². The van der Waals surface area contributed by atoms with Crippen molar-refractivity contribution < 1.29 is 14.3 Å². The van der Waals surface area contributed by atoms with Gasteiger partial charge in [0.15, 0.2) is 0 Å². The standard InChI is InChI=1S/C3H10NO3PS/c1-4(6-2)8(5,9)7-3/h1-3H3,(H,5,9). The van der Waals surface area contributed by atoms with Gasteiger partial charge in [0, 0.05) is 14.2 Å². The van der Waals surface area contributed by atoms with Gasteiger partial charge in [0.2, 0.25) is 0 Å². The first-order chi connectivity index (χ1) is 4.04. The fourth-order valence-electron chi connectivity index (χ4n) is 0.218. The van der Waals surface area contributed by atoms with Crippen LogP contribution in [0.25, 0.3) is 0 Å². The van der Waals surface area contributed by atoms with E-state index in [1.54, 1.807) is 0 Å². The van der Waals surface area contributed by atoms with Crippen molar-refractivity contribution in [1.29, 1.82) is 0 Å². The van der Waals surface area contributed by atoms with Crippen LogP contribution >= 0.6 is 6.64 Å². The summed E-state index contributed by atoms with van der Waals surface area (Å²) >= 11 is 4.61. The molecule has 0 aliphatic rings. The Morgan fingerprint density at radius 1 is 1.56 bits per heavy atom. The highest BCUT2D eigenvalue weighted by Gasteiger charge is 2.17. The summed E-state index contributed by atoms with van der Waals surface area (Å²) in [4.78, 5) is 14.8. The molecular weight excluding hydrogens is 161 g/mol. The number of nitrogens with zero attached hydrogens (tertiary/aromatic N) is 1. The Morgan fingerprint density at radius 3 is 2.11 bits per heavy atom. The molecule has 6 heteroatoms. The molecule has 0 aliphatic heterocycles. The van der Waals surface area contributed by atoms with Crippen molar-refractivity contribution in [2.24, 2.45) is 0 Å². The van der Waals surface area contributed by atoms with Crippen molar-refractivity contribution in [3.8, 4) is 0 Å². The van der Waals surface area contributed by atoms with Gasteiger partial charge in [-0.2, -0.15) is 0 Å². The molecular formula is C3H10NO3PS. The third-order valence-corrected chi connectivity index (χ3v) is 3.35. The van der Waals surface area contributed by atoms with E-state index in [1.165, 1.54) is 21.3 Å². The third kappa shape index (κ3) is 2.71. The molecule has 0 radical (unpaired) electrons. The van der Waals surface area contributed by atoms with E-state index in [0.29, 0.717) is 0 Å². The Kier molecular flexibility index (Phi) is 3.80. The Balaban J connectivity index is 3.98. The fourth-order valence-corrected chi connectivity index (χ4v) is 0.854. The van der Waals surface area contributed by atoms with Crippen molar-refractivity contribution in [1.82, 2.24) is 4.83 Å². The third-order valence-electron chi connectivity index (χ3n) is 0.858. The number of hydroxylamine groups is 1. The second kappa shape index (κ2) is 3.61. The maximum Gasteiger partial charge on any atom is 0.284 e. The second-order valence-corrected chi connectivity index (χ2v) is 4.66. The first kappa shape index (κ1) is 9.49. The predicted octanol–water partition coefficient (Wildman–Crippen LogP) is 0.343. The minimum absolute atomic E-state index is 1.13. The molecule has 0 aliphatic carbocycles. The van der Waals surface area contributed by atoms with E-state index in [-0.39, 0.29) is 0 Å². The van der Waals surface area contributed by atoms with Gasteiger partial charge < -0.3 is 9.42 Å². The number of hydrogen-bond acceptors (Lipinski definition) is 3. The average molecular weight is 171 g/mol. The Hall–Kier alpha value is 0.490. The summed E-state index contributed by atoms with van der Waals surface area (Å²) in [5.74, 6) is 0. The van der Waals surface area contributed by atoms with Crippen LogP contribution in [0, 0.1) is 0 Å². The lowest BCUT2D eigenvalue weighted by Gasteiger charge is -2.21. The molecule has 0 spiro atoms. The number of hydrogen-bond donors (Lipinski definition) is 1. The molecule has 9 heavy (non-hydrogen) atoms. The Bertz CT molecular complexity index is 130. The first-order valence-corrected chi connectivity index (χ1v) is 4.84. The van der Waals surface area contributed by atoms with Gasteiger partial charge in [-0.05, 0) is 11.8 Å². The van der Waals surface area contributed by atoms with Crippen LogP contribution in [0.5, 0.6) is 0 Å². The van der Waals surface area contributed by atoms with Crippen molar-refractivity contribution in [3.63, 3.8) is 0 Å². The minimum Gasteiger partial charge on any atom is -0.332 e. The van der Waals surface area contributed by atoms with E-state index in [1.807, 2.05) is 0 Å². The Morgan fingerprint density at radius 2 is 2.00 bits per heavy atom. The van der Waals surface area contributed by atoms with Crippen molar-refractivity contribution in [2.75, 3.05) is 21.3 Å². The van der Waals surface area contributed by atoms with Crippen molar-refractivity contribution >= 4 is 18.4 Å². The molecule has 1 N–H and O–H groups in total. The minimum atomic E-state index is -2.82. The smallest absolute Gasteiger partial charge is 0.284 e. The molecule has 0 saturated heterocycles. The molecule has 1 atom stereocenters. The van der Waals surface area contributed by atoms with Crippen LogP contribution in [0.2, 0.25) is 0 Å². The van der Waals surface area contributed by atoms with E-state index in [0.717, 1.165) is 4.83 Å². The molecule has 0 rings (SSSR count). The van der Waals surface area contributed by atoms with Gasteiger partial charge in [0.25, 0.3) is 6.64 Å². The molecule has 0 saturated carbocycles. The number of rotatable bonds is 3. The molecule has 1 unspecified atom stereocenters. The average Bonchev–Trinajstić information content (AvgIpc) is 1.86. The molecule has 0 aromatic carbocycles. The van der Waals surface area contributed by atoms with Crippen LogP contribution in [0.3, 0.4) is 0 Å². The maximum atomic E-state index is 9.10. The SMILES string of the molecule is CON(C)P(O)(=S)OC. The highest BCUT2D eigenvalue weighted by atomic mass is 32.5. The predicted molar refractivity (Wildman–Crippen MR) is 38.3 cm³/mol. The van der Waals surface area contributed by atoms with Crippen LogP contribution in [0.1, 0.15) is 0 Å². The van der Waals surface area contributed by atoms with Gasteiger partial charge in [-0.3, -0.25) is 4.84 Å². The van der Waals surface area contributed by atoms with Gasteiger partial charge in [-0.15, -0.1) is 4.83 Å². The first-order valence-electron chi connectivity index (χ1n) is 2.21. The van der Waals surface area contributed by atoms with Crippen LogP contribution in [0.4, 0.5) is 0 Å². The maximum absolute atomic E-state index is 9.10. The highest BCUT2D eigenvalue weighted by Crippen LogP contribution is 2.43. The monoisotopic (exact) mass is 171 g/mol. The van der Waals surface area contributed by atoms with Gasteiger partial charge in [-0.25, -0.2) is 0 Å². The Labute approximate surface area is 59.6 Å². The summed E-state index contributed by atoms with van der Waals surface area (Å²) in [6.07, 6.45) is 0. The van der Waals surface area contributed by atoms with Crippen LogP contribution in [0.15, 0.2) is 0 Å². The van der Waals surface area contributed by atoms with E-state index < -0.39 is 6.64 Å². The van der Waals surface area contributed by atoms with Crippen molar-refractivity contribution in [3.05, 3.63) is 0 Å². The normalized spacial score (nSPS) is 17.9.